The fourth-order valence-corrected chi connectivity index (χ4v) is 1.77. The third kappa shape index (κ3) is 3.55. The molecule has 0 aliphatic carbocycles. The molecule has 2 N–H and O–H groups in total. The molecule has 0 aliphatic rings. The molecule has 0 unspecified atom stereocenters. The van der Waals surface area contributed by atoms with Crippen LogP contribution in [0, 0.1) is 0 Å². The molecule has 0 bridgehead atoms. The van der Waals surface area contributed by atoms with Crippen LogP contribution in [0.15, 0.2) is 10.7 Å². The zero-order valence-corrected chi connectivity index (χ0v) is 13.0. The van der Waals surface area contributed by atoms with E-state index in [1.165, 1.54) is 0 Å². The van der Waals surface area contributed by atoms with E-state index in [-0.39, 0.29) is 12.1 Å². The Morgan fingerprint density at radius 2 is 2.17 bits per heavy atom. The Labute approximate surface area is 117 Å². The highest BCUT2D eigenvalue weighted by Crippen LogP contribution is 2.28. The molecule has 102 valence electrons. The van der Waals surface area contributed by atoms with Crippen molar-refractivity contribution >= 4 is 27.7 Å². The van der Waals surface area contributed by atoms with E-state index in [1.54, 1.807) is 6.20 Å². The molecule has 0 fully saturated rings. The Morgan fingerprint density at radius 3 is 2.72 bits per heavy atom. The fourth-order valence-electron chi connectivity index (χ4n) is 1.31. The largest absolute Gasteiger partial charge is 0.394 e. The highest BCUT2D eigenvalue weighted by Gasteiger charge is 2.25. The molecule has 0 amide bonds. The number of aliphatic hydroxyl groups excluding tert-OH is 1. The molecule has 0 saturated carbocycles. The molecule has 0 aliphatic heterocycles. The van der Waals surface area contributed by atoms with E-state index in [4.69, 9.17) is 0 Å². The summed E-state index contributed by atoms with van der Waals surface area (Å²) in [5.74, 6) is 1.37. The number of anilines is 2. The van der Waals surface area contributed by atoms with Crippen molar-refractivity contribution in [3.63, 3.8) is 0 Å². The van der Waals surface area contributed by atoms with Gasteiger partial charge in [0.15, 0.2) is 0 Å². The smallest absolute Gasteiger partial charge is 0.224 e. The average molecular weight is 317 g/mol. The Kier molecular flexibility index (Phi) is 5.34. The first-order valence-electron chi connectivity index (χ1n) is 6.03. The van der Waals surface area contributed by atoms with Crippen molar-refractivity contribution in [2.75, 3.05) is 30.4 Å². The molecular formula is C12H21BrN4O. The number of hydrogen-bond donors (Lipinski definition) is 2. The lowest BCUT2D eigenvalue weighted by Crippen LogP contribution is -2.45. The van der Waals surface area contributed by atoms with Gasteiger partial charge in [-0.05, 0) is 36.2 Å². The maximum Gasteiger partial charge on any atom is 0.224 e. The summed E-state index contributed by atoms with van der Waals surface area (Å²) in [7, 11) is 1.91. The highest BCUT2D eigenvalue weighted by atomic mass is 79.9. The predicted octanol–water partition coefficient (Wildman–Crippen LogP) is 2.27. The fraction of sp³-hybridized carbons (Fsp3) is 0.667. The minimum Gasteiger partial charge on any atom is -0.394 e. The molecule has 1 aromatic heterocycles. The van der Waals surface area contributed by atoms with Gasteiger partial charge in [-0.25, -0.2) is 4.98 Å². The molecule has 1 aromatic rings. The highest BCUT2D eigenvalue weighted by molar-refractivity contribution is 9.10. The topological polar surface area (TPSA) is 61.3 Å². The van der Waals surface area contributed by atoms with Crippen molar-refractivity contribution in [1.29, 1.82) is 0 Å². The van der Waals surface area contributed by atoms with Crippen LogP contribution in [-0.4, -0.2) is 40.8 Å². The van der Waals surface area contributed by atoms with Crippen LogP contribution in [0.4, 0.5) is 11.8 Å². The van der Waals surface area contributed by atoms with Crippen LogP contribution in [0.3, 0.4) is 0 Å². The van der Waals surface area contributed by atoms with Gasteiger partial charge < -0.3 is 15.3 Å². The number of hydrogen-bond acceptors (Lipinski definition) is 5. The van der Waals surface area contributed by atoms with Gasteiger partial charge in [-0.15, -0.1) is 0 Å². The molecule has 0 atom stereocenters. The zero-order chi connectivity index (χ0) is 13.8. The first-order valence-corrected chi connectivity index (χ1v) is 6.82. The van der Waals surface area contributed by atoms with Crippen molar-refractivity contribution in [2.45, 2.75) is 32.7 Å². The van der Waals surface area contributed by atoms with Gasteiger partial charge >= 0.3 is 0 Å². The number of rotatable bonds is 6. The normalized spacial score (nSPS) is 11.4. The van der Waals surface area contributed by atoms with Crippen LogP contribution < -0.4 is 10.2 Å². The SMILES string of the molecule is CCCNc1ncc(Br)c(N(C)C(C)(C)CO)n1. The van der Waals surface area contributed by atoms with Crippen molar-refractivity contribution in [3.05, 3.63) is 10.7 Å². The minimum absolute atomic E-state index is 0.0532. The van der Waals surface area contributed by atoms with Crippen molar-refractivity contribution in [1.82, 2.24) is 9.97 Å². The molecule has 0 saturated heterocycles. The Balaban J connectivity index is 3.00. The van der Waals surface area contributed by atoms with Crippen molar-refractivity contribution in [3.8, 4) is 0 Å². The van der Waals surface area contributed by atoms with Gasteiger partial charge in [-0.2, -0.15) is 4.98 Å². The van der Waals surface area contributed by atoms with Crippen LogP contribution in [0.25, 0.3) is 0 Å². The minimum atomic E-state index is -0.376. The predicted molar refractivity (Wildman–Crippen MR) is 78.1 cm³/mol. The van der Waals surface area contributed by atoms with Crippen LogP contribution in [-0.2, 0) is 0 Å². The molecular weight excluding hydrogens is 296 g/mol. The lowest BCUT2D eigenvalue weighted by Gasteiger charge is -2.35. The molecule has 1 heterocycles. The van der Waals surface area contributed by atoms with Crippen molar-refractivity contribution < 1.29 is 5.11 Å². The lowest BCUT2D eigenvalue weighted by molar-refractivity contribution is 0.215. The lowest BCUT2D eigenvalue weighted by atomic mass is 10.1. The second-order valence-corrected chi connectivity index (χ2v) is 5.68. The molecule has 5 nitrogen and oxygen atoms in total. The maximum atomic E-state index is 9.41. The van der Waals surface area contributed by atoms with E-state index < -0.39 is 0 Å². The average Bonchev–Trinajstić information content (AvgIpc) is 2.37. The number of nitrogens with zero attached hydrogens (tertiary/aromatic N) is 3. The van der Waals surface area contributed by atoms with Gasteiger partial charge in [-0.1, -0.05) is 6.92 Å². The summed E-state index contributed by atoms with van der Waals surface area (Å²) in [4.78, 5) is 10.6. The summed E-state index contributed by atoms with van der Waals surface area (Å²) in [6.45, 7) is 6.90. The standard InChI is InChI=1S/C12H21BrN4O/c1-5-6-14-11-15-7-9(13)10(16-11)17(4)12(2,3)8-18/h7,18H,5-6,8H2,1-4H3,(H,14,15,16). The summed E-state index contributed by atoms with van der Waals surface area (Å²) >= 11 is 3.44. The summed E-state index contributed by atoms with van der Waals surface area (Å²) in [5.41, 5.74) is -0.376. The first-order chi connectivity index (χ1) is 8.42. The molecule has 18 heavy (non-hydrogen) atoms. The van der Waals surface area contributed by atoms with Gasteiger partial charge in [0.1, 0.15) is 5.82 Å². The van der Waals surface area contributed by atoms with Crippen LogP contribution in [0.5, 0.6) is 0 Å². The molecule has 0 spiro atoms. The van der Waals surface area contributed by atoms with E-state index in [2.05, 4.69) is 38.1 Å². The zero-order valence-electron chi connectivity index (χ0n) is 11.4. The Morgan fingerprint density at radius 1 is 1.50 bits per heavy atom. The van der Waals surface area contributed by atoms with Crippen LogP contribution >= 0.6 is 15.9 Å². The second-order valence-electron chi connectivity index (χ2n) is 4.82. The van der Waals surface area contributed by atoms with Crippen LogP contribution in [0.2, 0.25) is 0 Å². The molecule has 1 rings (SSSR count). The van der Waals surface area contributed by atoms with Gasteiger partial charge in [0.25, 0.3) is 0 Å². The number of aliphatic hydroxyl groups is 1. The summed E-state index contributed by atoms with van der Waals surface area (Å²) < 4.78 is 0.813. The molecule has 0 radical (unpaired) electrons. The third-order valence-electron chi connectivity index (χ3n) is 2.87. The van der Waals surface area contributed by atoms with Gasteiger partial charge in [-0.3, -0.25) is 0 Å². The third-order valence-corrected chi connectivity index (χ3v) is 3.43. The number of aromatic nitrogens is 2. The number of nitrogens with one attached hydrogen (secondary N) is 1. The van der Waals surface area contributed by atoms with E-state index >= 15 is 0 Å². The molecule has 6 heteroatoms. The van der Waals surface area contributed by atoms with E-state index in [0.717, 1.165) is 23.3 Å². The summed E-state index contributed by atoms with van der Waals surface area (Å²) in [6, 6.07) is 0. The molecule has 0 aromatic carbocycles. The Bertz CT molecular complexity index is 398. The second kappa shape index (κ2) is 6.33. The van der Waals surface area contributed by atoms with E-state index in [0.29, 0.717) is 5.95 Å². The van der Waals surface area contributed by atoms with Gasteiger partial charge in [0, 0.05) is 19.8 Å². The maximum absolute atomic E-state index is 9.41. The Hall–Kier alpha value is -0.880. The van der Waals surface area contributed by atoms with Gasteiger partial charge in [0.05, 0.1) is 16.6 Å². The van der Waals surface area contributed by atoms with E-state index in [1.807, 2.05) is 25.8 Å². The first kappa shape index (κ1) is 15.2. The number of likely N-dealkylation sites (N-methyl/N-ethyl adjacent to an activating group) is 1. The van der Waals surface area contributed by atoms with Gasteiger partial charge in [0.2, 0.25) is 5.95 Å². The van der Waals surface area contributed by atoms with Crippen LogP contribution in [0.1, 0.15) is 27.2 Å². The number of halogens is 1. The summed E-state index contributed by atoms with van der Waals surface area (Å²) in [5, 5.41) is 12.6. The monoisotopic (exact) mass is 316 g/mol. The quantitative estimate of drug-likeness (QED) is 0.843. The summed E-state index contributed by atoms with van der Waals surface area (Å²) in [6.07, 6.45) is 2.75. The van der Waals surface area contributed by atoms with Crippen molar-refractivity contribution in [2.24, 2.45) is 0 Å². The van der Waals surface area contributed by atoms with E-state index in [9.17, 15) is 5.11 Å².